The molecule has 3 rings (SSSR count). The van der Waals surface area contributed by atoms with E-state index in [0.717, 1.165) is 0 Å². The van der Waals surface area contributed by atoms with E-state index < -0.39 is 121 Å². The summed E-state index contributed by atoms with van der Waals surface area (Å²) in [5.74, 6) is -2.82. The summed E-state index contributed by atoms with van der Waals surface area (Å²) in [5, 5.41) is 34.6. The second-order valence-corrected chi connectivity index (χ2v) is 17.0. The normalized spacial score (nSPS) is 40.7. The molecule has 3 aliphatic rings. The lowest BCUT2D eigenvalue weighted by atomic mass is 9.82. The molecule has 0 aromatic heterocycles. The highest BCUT2D eigenvalue weighted by atomic mass is 16.7. The number of carbonyl (C=O) groups excluding carboxylic acids is 4. The molecule has 16 atom stereocenters. The second-order valence-electron chi connectivity index (χ2n) is 17.0. The van der Waals surface area contributed by atoms with Crippen molar-refractivity contribution in [2.24, 2.45) is 17.8 Å². The first kappa shape index (κ1) is 49.6. The SMILES string of the molecule is CO[C@H]1C(OC(C)=O)CC(=O)O[C@H](C)C/C=C/C=C\[C@H](O)[C@H](C)CC(CC=O)[C@@H]1O[C@@H]1O[C@H](C)[C@@H](O[C@H]2C[C@@](C)(O)[C@@H](OC(=O)CC(C)C)[C@H](C)O2)[C@H](N(C)C)[C@H]1O. The second kappa shape index (κ2) is 22.7. The van der Waals surface area contributed by atoms with Gasteiger partial charge in [-0.05, 0) is 66.0 Å². The molecule has 0 saturated carbocycles. The standard InChI is InChI=1S/C42H69NO15/c1-23(2)19-32(47)56-40-27(6)53-34(22-42(40,8)50)57-37-26(5)54-41(36(49)35(37)43(9)10)58-38-29(17-18-44)20-24(3)30(46)16-14-12-13-15-25(4)52-33(48)21-31(39(38)51-11)55-28(7)45/h12-14,16,18,23-27,29-31,34-41,46,49-50H,15,17,19-22H2,1-11H3/b13-12+,16-14-/t24-,25-,26-,27+,29?,30+,31?,34+,35-,36-,37-,38+,39+,40+,41+,42-/m1/s1. The van der Waals surface area contributed by atoms with Gasteiger partial charge in [0.1, 0.15) is 42.4 Å². The highest BCUT2D eigenvalue weighted by Gasteiger charge is 2.53. The molecule has 58 heavy (non-hydrogen) atoms. The number of aliphatic hydroxyl groups is 3. The van der Waals surface area contributed by atoms with Gasteiger partial charge in [-0.1, -0.05) is 45.1 Å². The predicted octanol–water partition coefficient (Wildman–Crippen LogP) is 3.01. The Balaban J connectivity index is 1.98. The van der Waals surface area contributed by atoms with Crippen molar-refractivity contribution >= 4 is 24.2 Å². The number of carbonyl (C=O) groups is 4. The van der Waals surface area contributed by atoms with Crippen molar-refractivity contribution in [3.8, 4) is 0 Å². The Bertz CT molecular complexity index is 1390. The number of ether oxygens (including phenoxy) is 8. The molecule has 16 heteroatoms. The number of hydrogen-bond donors (Lipinski definition) is 3. The van der Waals surface area contributed by atoms with E-state index in [-0.39, 0.29) is 31.6 Å². The third-order valence-electron chi connectivity index (χ3n) is 10.9. The number of rotatable bonds is 12. The zero-order chi connectivity index (χ0) is 43.5. The van der Waals surface area contributed by atoms with Crippen LogP contribution in [-0.4, -0.2) is 151 Å². The van der Waals surface area contributed by atoms with Gasteiger partial charge in [-0.2, -0.15) is 0 Å². The van der Waals surface area contributed by atoms with Gasteiger partial charge in [-0.3, -0.25) is 14.4 Å². The van der Waals surface area contributed by atoms with Crippen LogP contribution >= 0.6 is 0 Å². The predicted molar refractivity (Wildman–Crippen MR) is 210 cm³/mol. The molecule has 2 unspecified atom stereocenters. The van der Waals surface area contributed by atoms with Crippen molar-refractivity contribution in [1.29, 1.82) is 0 Å². The van der Waals surface area contributed by atoms with Gasteiger partial charge in [0.2, 0.25) is 0 Å². The van der Waals surface area contributed by atoms with E-state index >= 15 is 0 Å². The summed E-state index contributed by atoms with van der Waals surface area (Å²) in [6.45, 7) is 13.5. The molecule has 0 aromatic rings. The van der Waals surface area contributed by atoms with Gasteiger partial charge in [0, 0.05) is 39.7 Å². The van der Waals surface area contributed by atoms with Gasteiger partial charge in [-0.15, -0.1) is 0 Å². The third kappa shape index (κ3) is 14.2. The van der Waals surface area contributed by atoms with E-state index in [9.17, 15) is 34.5 Å². The highest BCUT2D eigenvalue weighted by Crippen LogP contribution is 2.38. The van der Waals surface area contributed by atoms with Gasteiger partial charge < -0.3 is 62.9 Å². The minimum atomic E-state index is -1.50. The number of nitrogens with zero attached hydrogens (tertiary/aromatic N) is 1. The van der Waals surface area contributed by atoms with Crippen molar-refractivity contribution in [2.45, 2.75) is 179 Å². The largest absolute Gasteiger partial charge is 0.462 e. The first-order chi connectivity index (χ1) is 27.2. The van der Waals surface area contributed by atoms with Crippen LogP contribution in [0.3, 0.4) is 0 Å². The topological polar surface area (TPSA) is 206 Å². The Morgan fingerprint density at radius 1 is 1.02 bits per heavy atom. The highest BCUT2D eigenvalue weighted by molar-refractivity contribution is 5.72. The van der Waals surface area contributed by atoms with Crippen molar-refractivity contribution in [3.05, 3.63) is 24.3 Å². The molecule has 0 aliphatic carbocycles. The van der Waals surface area contributed by atoms with Crippen LogP contribution in [0.2, 0.25) is 0 Å². The maximum absolute atomic E-state index is 13.2. The Morgan fingerprint density at radius 3 is 2.29 bits per heavy atom. The number of hydrogen-bond acceptors (Lipinski definition) is 16. The molecule has 16 nitrogen and oxygen atoms in total. The number of esters is 3. The van der Waals surface area contributed by atoms with Crippen LogP contribution in [0.4, 0.5) is 0 Å². The summed E-state index contributed by atoms with van der Waals surface area (Å²) in [7, 11) is 4.86. The number of aldehydes is 1. The molecule has 0 amide bonds. The van der Waals surface area contributed by atoms with Crippen LogP contribution < -0.4 is 0 Å². The first-order valence-electron chi connectivity index (χ1n) is 20.4. The monoisotopic (exact) mass is 827 g/mol. The summed E-state index contributed by atoms with van der Waals surface area (Å²) in [6, 6.07) is -0.782. The summed E-state index contributed by atoms with van der Waals surface area (Å²) >= 11 is 0. The number of aliphatic hydroxyl groups excluding tert-OH is 2. The molecule has 3 heterocycles. The molecular formula is C42H69NO15. The number of methoxy groups -OCH3 is 1. The molecule has 332 valence electrons. The van der Waals surface area contributed by atoms with E-state index in [0.29, 0.717) is 12.7 Å². The average Bonchev–Trinajstić information content (AvgIpc) is 3.09. The zero-order valence-corrected chi connectivity index (χ0v) is 36.1. The molecule has 0 bridgehead atoms. The van der Waals surface area contributed by atoms with E-state index in [1.165, 1.54) is 14.0 Å². The summed E-state index contributed by atoms with van der Waals surface area (Å²) in [4.78, 5) is 52.3. The number of cyclic esters (lactones) is 1. The van der Waals surface area contributed by atoms with Gasteiger partial charge >= 0.3 is 17.9 Å². The quantitative estimate of drug-likeness (QED) is 0.147. The van der Waals surface area contributed by atoms with E-state index in [1.807, 2.05) is 20.8 Å². The number of allylic oxidation sites excluding steroid dienone is 2. The lowest BCUT2D eigenvalue weighted by Gasteiger charge is -2.50. The van der Waals surface area contributed by atoms with Crippen LogP contribution in [0.5, 0.6) is 0 Å². The molecule has 3 N–H and O–H groups in total. The molecule has 0 radical (unpaired) electrons. The van der Waals surface area contributed by atoms with E-state index in [4.69, 9.17) is 37.9 Å². The molecule has 3 aliphatic heterocycles. The van der Waals surface area contributed by atoms with Gasteiger partial charge in [-0.25, -0.2) is 0 Å². The fourth-order valence-electron chi connectivity index (χ4n) is 8.08. The van der Waals surface area contributed by atoms with Gasteiger partial charge in [0.25, 0.3) is 0 Å². The third-order valence-corrected chi connectivity index (χ3v) is 10.9. The van der Waals surface area contributed by atoms with Crippen LogP contribution in [0.15, 0.2) is 24.3 Å². The van der Waals surface area contributed by atoms with Gasteiger partial charge in [0.05, 0.1) is 36.9 Å². The average molecular weight is 828 g/mol. The Morgan fingerprint density at radius 2 is 1.71 bits per heavy atom. The number of likely N-dealkylation sites (N-methyl/N-ethyl adjacent to an activating group) is 1. The first-order valence-corrected chi connectivity index (χ1v) is 20.4. The van der Waals surface area contributed by atoms with Crippen molar-refractivity contribution < 1.29 is 72.4 Å². The maximum atomic E-state index is 13.2. The van der Waals surface area contributed by atoms with Crippen LogP contribution in [0, 0.1) is 17.8 Å². The minimum absolute atomic E-state index is 0.0460. The van der Waals surface area contributed by atoms with Crippen molar-refractivity contribution in [1.82, 2.24) is 4.90 Å². The van der Waals surface area contributed by atoms with Crippen molar-refractivity contribution in [2.75, 3.05) is 21.2 Å². The Labute approximate surface area is 343 Å². The molecular weight excluding hydrogens is 758 g/mol. The van der Waals surface area contributed by atoms with Gasteiger partial charge in [0.15, 0.2) is 18.7 Å². The maximum Gasteiger partial charge on any atom is 0.309 e. The minimum Gasteiger partial charge on any atom is -0.462 e. The van der Waals surface area contributed by atoms with Crippen LogP contribution in [0.1, 0.15) is 93.9 Å². The fourth-order valence-corrected chi connectivity index (χ4v) is 8.08. The van der Waals surface area contributed by atoms with Crippen LogP contribution in [0.25, 0.3) is 0 Å². The smallest absolute Gasteiger partial charge is 0.309 e. The zero-order valence-electron chi connectivity index (χ0n) is 36.1. The summed E-state index contributed by atoms with van der Waals surface area (Å²) in [5.41, 5.74) is -1.50. The molecule has 2 saturated heterocycles. The summed E-state index contributed by atoms with van der Waals surface area (Å²) in [6.07, 6.45) is -4.11. The Hall–Kier alpha value is -2.80. The van der Waals surface area contributed by atoms with Crippen molar-refractivity contribution in [3.63, 3.8) is 0 Å². The van der Waals surface area contributed by atoms with E-state index in [1.54, 1.807) is 71.0 Å². The molecule has 0 spiro atoms. The Kier molecular flexibility index (Phi) is 19.4. The summed E-state index contributed by atoms with van der Waals surface area (Å²) < 4.78 is 48.6. The fraction of sp³-hybridized carbons (Fsp3) is 0.810. The van der Waals surface area contributed by atoms with E-state index in [2.05, 4.69) is 0 Å². The lowest BCUT2D eigenvalue weighted by molar-refractivity contribution is -0.344. The lowest BCUT2D eigenvalue weighted by Crippen LogP contribution is -2.66. The molecule has 0 aromatic carbocycles. The van der Waals surface area contributed by atoms with Crippen LogP contribution in [-0.2, 0) is 57.1 Å². The molecule has 2 fully saturated rings.